The highest BCUT2D eigenvalue weighted by Gasteiger charge is 2.29. The van der Waals surface area contributed by atoms with Gasteiger partial charge in [0.05, 0.1) is 5.60 Å². The monoisotopic (exact) mass is 316 g/mol. The first kappa shape index (κ1) is 16.0. The number of amides is 1. The Morgan fingerprint density at radius 2 is 2.17 bits per heavy atom. The molecular weight excluding hydrogens is 292 g/mol. The number of carbonyl (C=O) groups excluding carboxylic acids is 1. The summed E-state index contributed by atoms with van der Waals surface area (Å²) in [6.45, 7) is 8.86. The average Bonchev–Trinajstić information content (AvgIpc) is 2.89. The first-order chi connectivity index (χ1) is 10.8. The van der Waals surface area contributed by atoms with Crippen LogP contribution in [0.2, 0.25) is 0 Å². The number of hydrogen-bond donors (Lipinski definition) is 1. The van der Waals surface area contributed by atoms with E-state index in [1.807, 2.05) is 19.9 Å². The fraction of sp³-hybridized carbons (Fsp3) is 0.556. The van der Waals surface area contributed by atoms with Crippen LogP contribution in [0.25, 0.3) is 11.1 Å². The van der Waals surface area contributed by atoms with Gasteiger partial charge < -0.3 is 14.5 Å². The lowest BCUT2D eigenvalue weighted by molar-refractivity contribution is -0.0615. The maximum absolute atomic E-state index is 12.5. The Hall–Kier alpha value is -1.88. The Balaban J connectivity index is 1.75. The fourth-order valence-corrected chi connectivity index (χ4v) is 2.96. The predicted octanol–water partition coefficient (Wildman–Crippen LogP) is 3.64. The van der Waals surface area contributed by atoms with Crippen LogP contribution in [0.1, 0.15) is 62.7 Å². The molecule has 1 aliphatic heterocycles. The topological polar surface area (TPSA) is 64.4 Å². The van der Waals surface area contributed by atoms with Crippen LogP contribution in [0.15, 0.2) is 22.6 Å². The third-order valence-electron chi connectivity index (χ3n) is 4.19. The molecule has 0 saturated carbocycles. The number of carbonyl (C=O) groups is 1. The van der Waals surface area contributed by atoms with Crippen LogP contribution < -0.4 is 5.32 Å². The van der Waals surface area contributed by atoms with E-state index in [9.17, 15) is 4.79 Å². The number of nitrogens with one attached hydrogen (secondary N) is 1. The van der Waals surface area contributed by atoms with Crippen LogP contribution in [0.4, 0.5) is 0 Å². The Kier molecular flexibility index (Phi) is 4.15. The van der Waals surface area contributed by atoms with Crippen molar-refractivity contribution in [1.29, 1.82) is 0 Å². The van der Waals surface area contributed by atoms with Gasteiger partial charge in [0.25, 0.3) is 5.91 Å². The Labute approximate surface area is 136 Å². The lowest BCUT2D eigenvalue weighted by atomic mass is 9.94. The van der Waals surface area contributed by atoms with E-state index in [0.717, 1.165) is 23.9 Å². The third-order valence-corrected chi connectivity index (χ3v) is 4.19. The minimum atomic E-state index is -0.182. The highest BCUT2D eigenvalue weighted by Crippen LogP contribution is 2.25. The number of aromatic nitrogens is 1. The first-order valence-corrected chi connectivity index (χ1v) is 8.19. The summed E-state index contributed by atoms with van der Waals surface area (Å²) in [5, 5.41) is 3.11. The Morgan fingerprint density at radius 1 is 1.39 bits per heavy atom. The van der Waals surface area contributed by atoms with Gasteiger partial charge >= 0.3 is 0 Å². The summed E-state index contributed by atoms with van der Waals surface area (Å²) < 4.78 is 11.4. The molecule has 2 aromatic rings. The highest BCUT2D eigenvalue weighted by molar-refractivity contribution is 5.97. The summed E-state index contributed by atoms with van der Waals surface area (Å²) in [4.78, 5) is 17.0. The molecule has 1 N–H and O–H groups in total. The molecule has 0 aliphatic carbocycles. The van der Waals surface area contributed by atoms with Crippen molar-refractivity contribution in [1.82, 2.24) is 10.3 Å². The largest absolute Gasteiger partial charge is 0.440 e. The second-order valence-corrected chi connectivity index (χ2v) is 7.16. The van der Waals surface area contributed by atoms with Crippen molar-refractivity contribution in [2.75, 3.05) is 6.61 Å². The van der Waals surface area contributed by atoms with Crippen LogP contribution in [0, 0.1) is 0 Å². The standard InChI is InChI=1S/C18H24N2O3/c1-11(2)17-20-14-9-12(5-6-15(14)23-17)16(21)19-13-7-8-22-18(3,4)10-13/h5-6,9,11,13H,7-8,10H2,1-4H3,(H,19,21). The SMILES string of the molecule is CC(C)c1nc2cc(C(=O)NC3CCOC(C)(C)C3)ccc2o1. The van der Waals surface area contributed by atoms with E-state index in [2.05, 4.69) is 24.1 Å². The van der Waals surface area contributed by atoms with Crippen molar-refractivity contribution in [3.8, 4) is 0 Å². The molecule has 1 aromatic carbocycles. The zero-order valence-corrected chi connectivity index (χ0v) is 14.2. The number of ether oxygens (including phenoxy) is 1. The molecule has 2 heterocycles. The maximum Gasteiger partial charge on any atom is 0.251 e. The lowest BCUT2D eigenvalue weighted by Crippen LogP contribution is -2.45. The van der Waals surface area contributed by atoms with E-state index in [-0.39, 0.29) is 23.5 Å². The molecule has 3 rings (SSSR count). The number of hydrogen-bond acceptors (Lipinski definition) is 4. The molecule has 1 amide bonds. The van der Waals surface area contributed by atoms with Gasteiger partial charge in [-0.25, -0.2) is 4.98 Å². The van der Waals surface area contributed by atoms with Gasteiger partial charge in [0.1, 0.15) is 5.52 Å². The van der Waals surface area contributed by atoms with E-state index in [0.29, 0.717) is 18.1 Å². The molecule has 23 heavy (non-hydrogen) atoms. The number of benzene rings is 1. The molecule has 1 saturated heterocycles. The van der Waals surface area contributed by atoms with Crippen LogP contribution in [0.3, 0.4) is 0 Å². The number of fused-ring (bicyclic) bond motifs is 1. The molecule has 1 unspecified atom stereocenters. The minimum absolute atomic E-state index is 0.0660. The van der Waals surface area contributed by atoms with Gasteiger partial charge in [-0.1, -0.05) is 13.8 Å². The van der Waals surface area contributed by atoms with Crippen molar-refractivity contribution in [2.45, 2.75) is 58.1 Å². The molecule has 0 bridgehead atoms. The van der Waals surface area contributed by atoms with Crippen molar-refractivity contribution >= 4 is 17.0 Å². The fourth-order valence-electron chi connectivity index (χ4n) is 2.96. The van der Waals surface area contributed by atoms with Gasteiger partial charge in [0.15, 0.2) is 11.5 Å². The van der Waals surface area contributed by atoms with Crippen LogP contribution in [0.5, 0.6) is 0 Å². The summed E-state index contributed by atoms with van der Waals surface area (Å²) >= 11 is 0. The zero-order valence-electron chi connectivity index (χ0n) is 14.2. The molecule has 1 aliphatic rings. The second-order valence-electron chi connectivity index (χ2n) is 7.16. The van der Waals surface area contributed by atoms with Crippen molar-refractivity contribution < 1.29 is 13.9 Å². The van der Waals surface area contributed by atoms with Gasteiger partial charge in [-0.3, -0.25) is 4.79 Å². The quantitative estimate of drug-likeness (QED) is 0.939. The van der Waals surface area contributed by atoms with E-state index in [1.165, 1.54) is 0 Å². The summed E-state index contributed by atoms with van der Waals surface area (Å²) in [6, 6.07) is 5.55. The Morgan fingerprint density at radius 3 is 2.87 bits per heavy atom. The third kappa shape index (κ3) is 3.55. The summed E-state index contributed by atoms with van der Waals surface area (Å²) in [7, 11) is 0. The van der Waals surface area contributed by atoms with E-state index in [1.54, 1.807) is 12.1 Å². The molecule has 1 fully saturated rings. The van der Waals surface area contributed by atoms with Gasteiger partial charge in [0, 0.05) is 24.1 Å². The maximum atomic E-state index is 12.5. The van der Waals surface area contributed by atoms with Gasteiger partial charge in [0.2, 0.25) is 0 Å². The summed E-state index contributed by atoms with van der Waals surface area (Å²) in [5.41, 5.74) is 1.88. The summed E-state index contributed by atoms with van der Waals surface area (Å²) in [5.74, 6) is 0.858. The highest BCUT2D eigenvalue weighted by atomic mass is 16.5. The molecule has 0 radical (unpaired) electrons. The minimum Gasteiger partial charge on any atom is -0.440 e. The lowest BCUT2D eigenvalue weighted by Gasteiger charge is -2.35. The molecule has 5 nitrogen and oxygen atoms in total. The molecule has 124 valence electrons. The number of nitrogens with zero attached hydrogens (tertiary/aromatic N) is 1. The van der Waals surface area contributed by atoms with E-state index in [4.69, 9.17) is 9.15 Å². The van der Waals surface area contributed by atoms with Crippen molar-refractivity contribution in [3.63, 3.8) is 0 Å². The first-order valence-electron chi connectivity index (χ1n) is 8.19. The van der Waals surface area contributed by atoms with Crippen LogP contribution in [-0.4, -0.2) is 29.1 Å². The summed E-state index contributed by atoms with van der Waals surface area (Å²) in [6.07, 6.45) is 1.67. The van der Waals surface area contributed by atoms with E-state index >= 15 is 0 Å². The predicted molar refractivity (Wildman–Crippen MR) is 88.6 cm³/mol. The molecular formula is C18H24N2O3. The van der Waals surface area contributed by atoms with Crippen molar-refractivity contribution in [2.24, 2.45) is 0 Å². The molecule has 0 spiro atoms. The molecule has 1 aromatic heterocycles. The van der Waals surface area contributed by atoms with Gasteiger partial charge in [-0.15, -0.1) is 0 Å². The zero-order chi connectivity index (χ0) is 16.6. The number of rotatable bonds is 3. The number of oxazole rings is 1. The van der Waals surface area contributed by atoms with Gasteiger partial charge in [-0.2, -0.15) is 0 Å². The molecule has 1 atom stereocenters. The normalized spacial score (nSPS) is 20.8. The van der Waals surface area contributed by atoms with Crippen LogP contribution >= 0.6 is 0 Å². The second kappa shape index (κ2) is 5.96. The smallest absolute Gasteiger partial charge is 0.251 e. The average molecular weight is 316 g/mol. The Bertz CT molecular complexity index is 718. The van der Waals surface area contributed by atoms with Gasteiger partial charge in [-0.05, 0) is 44.9 Å². The van der Waals surface area contributed by atoms with E-state index < -0.39 is 0 Å². The molecule has 5 heteroatoms. The van der Waals surface area contributed by atoms with Crippen molar-refractivity contribution in [3.05, 3.63) is 29.7 Å². The van der Waals surface area contributed by atoms with Crippen LogP contribution in [-0.2, 0) is 4.74 Å².